The van der Waals surface area contributed by atoms with E-state index in [1.807, 2.05) is 12.1 Å². The van der Waals surface area contributed by atoms with Crippen molar-refractivity contribution in [1.29, 1.82) is 0 Å². The molecular formula is C29H32N4O2S. The standard InChI is InChI=1S/C29H32N4O2S/c1-35-24-13-14-26-25(21-24)28(34)33(29(36)30-26)16-8-15-31-17-19-32(20-18-31)27(22-9-4-2-5-10-22)23-11-6-3-7-12-23/h2-7,9-14,21,27H,8,15-20H2,1H3,(H,30,36). The lowest BCUT2D eigenvalue weighted by molar-refractivity contribution is 0.107. The summed E-state index contributed by atoms with van der Waals surface area (Å²) in [6, 6.07) is 27.3. The number of ether oxygens (including phenoxy) is 1. The Morgan fingerprint density at radius 2 is 1.53 bits per heavy atom. The number of benzene rings is 3. The van der Waals surface area contributed by atoms with Gasteiger partial charge >= 0.3 is 0 Å². The van der Waals surface area contributed by atoms with Crippen molar-refractivity contribution < 1.29 is 4.74 Å². The highest BCUT2D eigenvalue weighted by atomic mass is 32.1. The van der Waals surface area contributed by atoms with Crippen LogP contribution in [0, 0.1) is 4.77 Å². The van der Waals surface area contributed by atoms with Gasteiger partial charge in [-0.05, 0) is 54.5 Å². The second-order valence-corrected chi connectivity index (χ2v) is 9.64. The Kier molecular flexibility index (Phi) is 7.60. The monoisotopic (exact) mass is 500 g/mol. The van der Waals surface area contributed by atoms with Crippen LogP contribution in [-0.4, -0.2) is 59.2 Å². The van der Waals surface area contributed by atoms with E-state index in [9.17, 15) is 4.79 Å². The quantitative estimate of drug-likeness (QED) is 0.350. The predicted molar refractivity (Wildman–Crippen MR) is 147 cm³/mol. The molecule has 2 heterocycles. The number of H-pyrrole nitrogens is 1. The van der Waals surface area contributed by atoms with E-state index in [0.717, 1.165) is 44.7 Å². The van der Waals surface area contributed by atoms with Crippen molar-refractivity contribution in [3.63, 3.8) is 0 Å². The fourth-order valence-corrected chi connectivity index (χ4v) is 5.43. The molecule has 1 saturated heterocycles. The van der Waals surface area contributed by atoms with Crippen LogP contribution in [0.25, 0.3) is 10.9 Å². The van der Waals surface area contributed by atoms with Crippen LogP contribution in [-0.2, 0) is 6.54 Å². The summed E-state index contributed by atoms with van der Waals surface area (Å²) in [6.45, 7) is 5.55. The Labute approximate surface area is 216 Å². The Balaban J connectivity index is 1.22. The number of nitrogens with one attached hydrogen (secondary N) is 1. The van der Waals surface area contributed by atoms with Gasteiger partial charge in [0.15, 0.2) is 4.77 Å². The molecule has 0 unspecified atom stereocenters. The number of methoxy groups -OCH3 is 1. The van der Waals surface area contributed by atoms with Crippen LogP contribution in [0.4, 0.5) is 0 Å². The second-order valence-electron chi connectivity index (χ2n) is 9.25. The van der Waals surface area contributed by atoms with Crippen molar-refractivity contribution in [2.45, 2.75) is 19.0 Å². The number of aromatic nitrogens is 2. The highest BCUT2D eigenvalue weighted by Gasteiger charge is 2.26. The SMILES string of the molecule is COc1ccc2[nH]c(=S)n(CCCN3CCN(C(c4ccccc4)c4ccccc4)CC3)c(=O)c2c1. The van der Waals surface area contributed by atoms with Gasteiger partial charge in [-0.1, -0.05) is 60.7 Å². The molecule has 1 N–H and O–H groups in total. The van der Waals surface area contributed by atoms with Crippen LogP contribution in [0.3, 0.4) is 0 Å². The van der Waals surface area contributed by atoms with Gasteiger partial charge in [-0.2, -0.15) is 0 Å². The van der Waals surface area contributed by atoms with Gasteiger partial charge in [0.2, 0.25) is 0 Å². The summed E-state index contributed by atoms with van der Waals surface area (Å²) in [7, 11) is 1.60. The molecule has 1 aromatic heterocycles. The third-order valence-electron chi connectivity index (χ3n) is 7.05. The minimum absolute atomic E-state index is 0.0639. The van der Waals surface area contributed by atoms with Crippen molar-refractivity contribution >= 4 is 23.1 Å². The van der Waals surface area contributed by atoms with Crippen LogP contribution >= 0.6 is 12.2 Å². The second kappa shape index (κ2) is 11.2. The van der Waals surface area contributed by atoms with Crippen LogP contribution in [0.2, 0.25) is 0 Å². The van der Waals surface area contributed by atoms with Gasteiger partial charge < -0.3 is 14.6 Å². The number of hydrogen-bond donors (Lipinski definition) is 1. The lowest BCUT2D eigenvalue weighted by atomic mass is 9.96. The topological polar surface area (TPSA) is 53.5 Å². The van der Waals surface area contributed by atoms with E-state index < -0.39 is 0 Å². The molecule has 0 atom stereocenters. The Hall–Kier alpha value is -3.26. The lowest BCUT2D eigenvalue weighted by Gasteiger charge is -2.39. The molecule has 0 bridgehead atoms. The van der Waals surface area contributed by atoms with Crippen molar-refractivity contribution in [2.24, 2.45) is 0 Å². The van der Waals surface area contributed by atoms with Gasteiger partial charge in [-0.3, -0.25) is 14.3 Å². The fraction of sp³-hybridized carbons (Fsp3) is 0.310. The van der Waals surface area contributed by atoms with Gasteiger partial charge in [0.05, 0.1) is 24.1 Å². The van der Waals surface area contributed by atoms with Gasteiger partial charge in [-0.15, -0.1) is 0 Å². The maximum atomic E-state index is 13.1. The molecule has 1 aliphatic heterocycles. The van der Waals surface area contributed by atoms with Crippen LogP contribution in [0.15, 0.2) is 83.7 Å². The molecule has 1 aliphatic rings. The molecule has 0 amide bonds. The zero-order chi connectivity index (χ0) is 24.9. The molecular weight excluding hydrogens is 468 g/mol. The summed E-state index contributed by atoms with van der Waals surface area (Å²) >= 11 is 5.49. The maximum absolute atomic E-state index is 13.1. The number of rotatable bonds is 8. The van der Waals surface area contributed by atoms with Crippen molar-refractivity contribution in [2.75, 3.05) is 39.8 Å². The molecule has 7 heteroatoms. The number of piperazine rings is 1. The Bertz CT molecular complexity index is 1370. The third kappa shape index (κ3) is 5.28. The summed E-state index contributed by atoms with van der Waals surface area (Å²) in [6.07, 6.45) is 0.869. The zero-order valence-corrected chi connectivity index (χ0v) is 21.4. The third-order valence-corrected chi connectivity index (χ3v) is 7.37. The number of hydrogen-bond acceptors (Lipinski definition) is 5. The largest absolute Gasteiger partial charge is 0.497 e. The first-order valence-electron chi connectivity index (χ1n) is 12.5. The predicted octanol–water partition coefficient (Wildman–Crippen LogP) is 4.86. The van der Waals surface area contributed by atoms with Gasteiger partial charge in [0.1, 0.15) is 5.75 Å². The van der Waals surface area contributed by atoms with E-state index >= 15 is 0 Å². The summed E-state index contributed by atoms with van der Waals surface area (Å²) in [4.78, 5) is 21.4. The first-order valence-corrected chi connectivity index (χ1v) is 12.9. The molecule has 0 radical (unpaired) electrons. The van der Waals surface area contributed by atoms with E-state index in [-0.39, 0.29) is 11.6 Å². The van der Waals surface area contributed by atoms with Gasteiger partial charge in [-0.25, -0.2) is 0 Å². The molecule has 36 heavy (non-hydrogen) atoms. The first kappa shape index (κ1) is 24.4. The van der Waals surface area contributed by atoms with Gasteiger partial charge in [0.25, 0.3) is 5.56 Å². The van der Waals surface area contributed by atoms with Crippen LogP contribution in [0.5, 0.6) is 5.75 Å². The molecule has 6 nitrogen and oxygen atoms in total. The minimum Gasteiger partial charge on any atom is -0.497 e. The summed E-state index contributed by atoms with van der Waals surface area (Å²) < 4.78 is 7.43. The highest BCUT2D eigenvalue weighted by Crippen LogP contribution is 2.29. The average Bonchev–Trinajstić information content (AvgIpc) is 2.92. The van der Waals surface area contributed by atoms with Crippen LogP contribution < -0.4 is 10.3 Å². The van der Waals surface area contributed by atoms with Crippen molar-refractivity contribution in [1.82, 2.24) is 19.4 Å². The molecule has 5 rings (SSSR count). The molecule has 3 aromatic carbocycles. The Morgan fingerprint density at radius 3 is 2.14 bits per heavy atom. The first-order chi connectivity index (χ1) is 17.6. The van der Waals surface area contributed by atoms with Crippen molar-refractivity contribution in [3.8, 4) is 5.75 Å². The summed E-state index contributed by atoms with van der Waals surface area (Å²) in [5, 5.41) is 0.601. The minimum atomic E-state index is -0.0639. The average molecular weight is 501 g/mol. The highest BCUT2D eigenvalue weighted by molar-refractivity contribution is 7.71. The Morgan fingerprint density at radius 1 is 0.889 bits per heavy atom. The van der Waals surface area contributed by atoms with E-state index in [2.05, 4.69) is 75.4 Å². The number of fused-ring (bicyclic) bond motifs is 1. The maximum Gasteiger partial charge on any atom is 0.262 e. The van der Waals surface area contributed by atoms with Crippen LogP contribution in [0.1, 0.15) is 23.6 Å². The molecule has 0 spiro atoms. The lowest BCUT2D eigenvalue weighted by Crippen LogP contribution is -2.48. The zero-order valence-electron chi connectivity index (χ0n) is 20.6. The van der Waals surface area contributed by atoms with E-state index in [4.69, 9.17) is 17.0 Å². The van der Waals surface area contributed by atoms with E-state index in [0.29, 0.717) is 22.5 Å². The summed E-state index contributed by atoms with van der Waals surface area (Å²) in [5.74, 6) is 0.666. The smallest absolute Gasteiger partial charge is 0.262 e. The number of aromatic amines is 1. The molecule has 186 valence electrons. The molecule has 0 aliphatic carbocycles. The molecule has 1 fully saturated rings. The molecule has 0 saturated carbocycles. The fourth-order valence-electron chi connectivity index (χ4n) is 5.14. The summed E-state index contributed by atoms with van der Waals surface area (Å²) in [5.41, 5.74) is 3.34. The van der Waals surface area contributed by atoms with Gasteiger partial charge in [0, 0.05) is 32.7 Å². The molecule has 4 aromatic rings. The normalized spacial score (nSPS) is 14.9. The van der Waals surface area contributed by atoms with E-state index in [1.54, 1.807) is 17.7 Å². The van der Waals surface area contributed by atoms with Crippen molar-refractivity contribution in [3.05, 3.63) is 105 Å². The number of nitrogens with zero attached hydrogens (tertiary/aromatic N) is 3. The van der Waals surface area contributed by atoms with E-state index in [1.165, 1.54) is 11.1 Å².